The van der Waals surface area contributed by atoms with Gasteiger partial charge in [-0.1, -0.05) is 12.1 Å². The second-order valence-electron chi connectivity index (χ2n) is 5.59. The zero-order valence-electron chi connectivity index (χ0n) is 10.6. The summed E-state index contributed by atoms with van der Waals surface area (Å²) in [6.07, 6.45) is -1.07. The van der Waals surface area contributed by atoms with E-state index in [0.717, 1.165) is 24.8 Å². The van der Waals surface area contributed by atoms with Crippen molar-refractivity contribution in [1.29, 1.82) is 0 Å². The Hall–Kier alpha value is -1.03. The molecule has 0 amide bonds. The monoisotopic (exact) mass is 257 g/mol. The van der Waals surface area contributed by atoms with Crippen molar-refractivity contribution >= 4 is 0 Å². The van der Waals surface area contributed by atoms with Gasteiger partial charge in [0.1, 0.15) is 0 Å². The largest absolute Gasteiger partial charge is 0.416 e. The first-order valence-electron chi connectivity index (χ1n) is 6.23. The number of hydrogen-bond donors (Lipinski definition) is 1. The van der Waals surface area contributed by atoms with Crippen LogP contribution in [0.4, 0.5) is 13.2 Å². The van der Waals surface area contributed by atoms with Crippen molar-refractivity contribution in [2.45, 2.75) is 50.9 Å². The summed E-state index contributed by atoms with van der Waals surface area (Å²) in [4.78, 5) is 0. The van der Waals surface area contributed by atoms with Crippen molar-refractivity contribution in [3.05, 3.63) is 35.4 Å². The fourth-order valence-corrected chi connectivity index (χ4v) is 2.52. The predicted octanol–water partition coefficient (Wildman–Crippen LogP) is 4.30. The van der Waals surface area contributed by atoms with Crippen molar-refractivity contribution in [3.8, 4) is 0 Å². The van der Waals surface area contributed by atoms with Crippen LogP contribution < -0.4 is 5.32 Å². The quantitative estimate of drug-likeness (QED) is 0.791. The number of piperidine rings is 1. The smallest absolute Gasteiger partial charge is 0.305 e. The average Bonchev–Trinajstić information content (AvgIpc) is 2.27. The third kappa shape index (κ3) is 3.05. The second kappa shape index (κ2) is 4.57. The molecule has 1 aliphatic rings. The molecule has 0 spiro atoms. The molecule has 0 radical (unpaired) electrons. The minimum Gasteiger partial charge on any atom is -0.305 e. The van der Waals surface area contributed by atoms with Crippen LogP contribution in [0.1, 0.15) is 50.3 Å². The van der Waals surface area contributed by atoms with E-state index in [1.807, 2.05) is 0 Å². The number of halogens is 3. The highest BCUT2D eigenvalue weighted by Crippen LogP contribution is 2.33. The van der Waals surface area contributed by atoms with Gasteiger partial charge in [0.05, 0.1) is 5.56 Å². The van der Waals surface area contributed by atoms with E-state index in [2.05, 4.69) is 19.2 Å². The molecule has 0 bridgehead atoms. The second-order valence-corrected chi connectivity index (χ2v) is 5.59. The Morgan fingerprint density at radius 3 is 2.28 bits per heavy atom. The van der Waals surface area contributed by atoms with Crippen molar-refractivity contribution in [2.24, 2.45) is 0 Å². The molecule has 1 N–H and O–H groups in total. The summed E-state index contributed by atoms with van der Waals surface area (Å²) >= 11 is 0. The number of rotatable bonds is 1. The third-order valence-corrected chi connectivity index (χ3v) is 3.50. The Bertz CT molecular complexity index is 406. The maximum Gasteiger partial charge on any atom is 0.416 e. The molecule has 4 heteroatoms. The van der Waals surface area contributed by atoms with Crippen LogP contribution in [-0.2, 0) is 6.18 Å². The molecule has 0 aliphatic carbocycles. The predicted molar refractivity (Wildman–Crippen MR) is 65.3 cm³/mol. The molecule has 0 saturated carbocycles. The third-order valence-electron chi connectivity index (χ3n) is 3.50. The summed E-state index contributed by atoms with van der Waals surface area (Å²) in [5.41, 5.74) is 0.420. The lowest BCUT2D eigenvalue weighted by atomic mass is 9.86. The summed E-state index contributed by atoms with van der Waals surface area (Å²) in [5, 5.41) is 3.49. The lowest BCUT2D eigenvalue weighted by Gasteiger charge is -2.37. The Morgan fingerprint density at radius 2 is 1.78 bits per heavy atom. The maximum absolute atomic E-state index is 12.5. The van der Waals surface area contributed by atoms with E-state index in [4.69, 9.17) is 0 Å². The van der Waals surface area contributed by atoms with Gasteiger partial charge in [-0.25, -0.2) is 0 Å². The molecule has 1 aliphatic heterocycles. The molecule has 1 aromatic rings. The van der Waals surface area contributed by atoms with E-state index >= 15 is 0 Å². The Balaban J connectivity index is 2.15. The van der Waals surface area contributed by atoms with Crippen LogP contribution in [0.25, 0.3) is 0 Å². The summed E-state index contributed by atoms with van der Waals surface area (Å²) in [6, 6.07) is 5.66. The highest BCUT2D eigenvalue weighted by molar-refractivity contribution is 5.27. The lowest BCUT2D eigenvalue weighted by molar-refractivity contribution is -0.137. The molecule has 1 unspecified atom stereocenters. The molecule has 1 atom stereocenters. The van der Waals surface area contributed by atoms with E-state index in [1.54, 1.807) is 12.1 Å². The maximum atomic E-state index is 12.5. The zero-order chi connectivity index (χ0) is 13.4. The van der Waals surface area contributed by atoms with Gasteiger partial charge in [-0.2, -0.15) is 13.2 Å². The van der Waals surface area contributed by atoms with Gasteiger partial charge >= 0.3 is 6.18 Å². The van der Waals surface area contributed by atoms with Crippen LogP contribution in [0.15, 0.2) is 24.3 Å². The summed E-state index contributed by atoms with van der Waals surface area (Å²) in [7, 11) is 0. The average molecular weight is 257 g/mol. The SMILES string of the molecule is CC1(C)CCCC(c2ccc(C(F)(F)F)cc2)N1. The fourth-order valence-electron chi connectivity index (χ4n) is 2.52. The lowest BCUT2D eigenvalue weighted by Crippen LogP contribution is -2.44. The minimum atomic E-state index is -4.25. The molecule has 18 heavy (non-hydrogen) atoms. The zero-order valence-corrected chi connectivity index (χ0v) is 10.6. The van der Waals surface area contributed by atoms with Crippen molar-refractivity contribution in [3.63, 3.8) is 0 Å². The van der Waals surface area contributed by atoms with Crippen LogP contribution in [0, 0.1) is 0 Å². The number of alkyl halides is 3. The molecule has 1 nitrogen and oxygen atoms in total. The molecule has 0 aromatic heterocycles. The van der Waals surface area contributed by atoms with E-state index in [0.29, 0.717) is 0 Å². The van der Waals surface area contributed by atoms with E-state index in [9.17, 15) is 13.2 Å². The molecule has 1 heterocycles. The first-order chi connectivity index (χ1) is 8.28. The first-order valence-corrected chi connectivity index (χ1v) is 6.23. The van der Waals surface area contributed by atoms with Gasteiger partial charge < -0.3 is 5.32 Å². The van der Waals surface area contributed by atoms with Gasteiger partial charge in [0.2, 0.25) is 0 Å². The van der Waals surface area contributed by atoms with Crippen molar-refractivity contribution < 1.29 is 13.2 Å². The summed E-state index contributed by atoms with van der Waals surface area (Å²) < 4.78 is 37.4. The molecule has 1 fully saturated rings. The van der Waals surface area contributed by atoms with Gasteiger partial charge in [0.15, 0.2) is 0 Å². The topological polar surface area (TPSA) is 12.0 Å². The van der Waals surface area contributed by atoms with Crippen LogP contribution in [-0.4, -0.2) is 5.54 Å². The summed E-state index contributed by atoms with van der Waals surface area (Å²) in [6.45, 7) is 4.26. The normalized spacial score (nSPS) is 23.9. The van der Waals surface area contributed by atoms with E-state index in [1.165, 1.54) is 12.1 Å². The summed E-state index contributed by atoms with van der Waals surface area (Å²) in [5.74, 6) is 0. The van der Waals surface area contributed by atoms with E-state index in [-0.39, 0.29) is 11.6 Å². The van der Waals surface area contributed by atoms with Crippen LogP contribution in [0.3, 0.4) is 0 Å². The highest BCUT2D eigenvalue weighted by Gasteiger charge is 2.31. The minimum absolute atomic E-state index is 0.0611. The van der Waals surface area contributed by atoms with Gasteiger partial charge in [0, 0.05) is 11.6 Å². The molecule has 2 rings (SSSR count). The van der Waals surface area contributed by atoms with Gasteiger partial charge in [-0.05, 0) is 50.8 Å². The fraction of sp³-hybridized carbons (Fsp3) is 0.571. The van der Waals surface area contributed by atoms with Gasteiger partial charge in [0.25, 0.3) is 0 Å². The van der Waals surface area contributed by atoms with E-state index < -0.39 is 11.7 Å². The first kappa shape index (κ1) is 13.4. The van der Waals surface area contributed by atoms with Crippen LogP contribution >= 0.6 is 0 Å². The van der Waals surface area contributed by atoms with Crippen molar-refractivity contribution in [2.75, 3.05) is 0 Å². The Labute approximate surface area is 105 Å². The van der Waals surface area contributed by atoms with Crippen LogP contribution in [0.2, 0.25) is 0 Å². The number of hydrogen-bond acceptors (Lipinski definition) is 1. The van der Waals surface area contributed by atoms with Crippen molar-refractivity contribution in [1.82, 2.24) is 5.32 Å². The molecule has 1 aromatic carbocycles. The standard InChI is InChI=1S/C14H18F3N/c1-13(2)9-3-4-12(18-13)10-5-7-11(8-6-10)14(15,16)17/h5-8,12,18H,3-4,9H2,1-2H3. The molecule has 1 saturated heterocycles. The highest BCUT2D eigenvalue weighted by atomic mass is 19.4. The Morgan fingerprint density at radius 1 is 1.17 bits per heavy atom. The number of benzene rings is 1. The molecular weight excluding hydrogens is 239 g/mol. The van der Waals surface area contributed by atoms with Gasteiger partial charge in [-0.3, -0.25) is 0 Å². The number of nitrogens with one attached hydrogen (secondary N) is 1. The van der Waals surface area contributed by atoms with Crippen LogP contribution in [0.5, 0.6) is 0 Å². The Kier molecular flexibility index (Phi) is 3.41. The molecular formula is C14H18F3N. The molecule has 100 valence electrons. The van der Waals surface area contributed by atoms with Gasteiger partial charge in [-0.15, -0.1) is 0 Å².